The molecule has 0 fully saturated rings. The molecule has 0 unspecified atom stereocenters. The molecule has 2 rings (SSSR count). The Morgan fingerprint density at radius 2 is 1.50 bits per heavy atom. The quantitative estimate of drug-likeness (QED) is 0.588. The first-order chi connectivity index (χ1) is 6.58. The predicted octanol–water partition coefficient (Wildman–Crippen LogP) is 4.68. The van der Waals surface area contributed by atoms with Gasteiger partial charge in [0, 0.05) is 8.95 Å². The average Bonchev–Trinajstić information content (AvgIpc) is 2.08. The molecule has 2 aromatic rings. The first-order valence-electron chi connectivity index (χ1n) is 3.56. The number of nitrogens with zero attached hydrogens (tertiary/aromatic N) is 2. The van der Waals surface area contributed by atoms with Crippen molar-refractivity contribution in [1.29, 1.82) is 0 Å². The van der Waals surface area contributed by atoms with Crippen molar-refractivity contribution in [1.82, 2.24) is 9.97 Å². The van der Waals surface area contributed by atoms with Gasteiger partial charge in [-0.15, -0.1) is 0 Å². The van der Waals surface area contributed by atoms with Gasteiger partial charge in [0.1, 0.15) is 14.7 Å². The van der Waals surface area contributed by atoms with Crippen molar-refractivity contribution in [2.45, 2.75) is 0 Å². The van der Waals surface area contributed by atoms with Crippen molar-refractivity contribution in [3.63, 3.8) is 0 Å². The molecule has 6 heteroatoms. The molecule has 2 nitrogen and oxygen atoms in total. The Morgan fingerprint density at radius 1 is 0.857 bits per heavy atom. The summed E-state index contributed by atoms with van der Waals surface area (Å²) in [5.74, 6) is 0. The summed E-state index contributed by atoms with van der Waals surface area (Å²) in [6.07, 6.45) is 0. The van der Waals surface area contributed by atoms with E-state index in [-0.39, 0.29) is 0 Å². The molecule has 1 aromatic carbocycles. The van der Waals surface area contributed by atoms with Crippen LogP contribution >= 0.6 is 63.7 Å². The van der Waals surface area contributed by atoms with Crippen molar-refractivity contribution in [2.24, 2.45) is 0 Å². The predicted molar refractivity (Wildman–Crippen MR) is 70.3 cm³/mol. The van der Waals surface area contributed by atoms with E-state index in [4.69, 9.17) is 0 Å². The Labute approximate surface area is 114 Å². The maximum absolute atomic E-state index is 4.36. The molecule has 0 atom stereocenters. The molecule has 14 heavy (non-hydrogen) atoms. The first-order valence-corrected chi connectivity index (χ1v) is 6.73. The molecule has 72 valence electrons. The van der Waals surface area contributed by atoms with Gasteiger partial charge in [0.15, 0.2) is 0 Å². The van der Waals surface area contributed by atoms with Gasteiger partial charge in [-0.1, -0.05) is 15.9 Å². The number of rotatable bonds is 0. The third-order valence-electron chi connectivity index (χ3n) is 1.61. The third-order valence-corrected chi connectivity index (χ3v) is 4.31. The number of aromatic nitrogens is 2. The van der Waals surface area contributed by atoms with E-state index < -0.39 is 0 Å². The normalized spacial score (nSPS) is 10.9. The minimum Gasteiger partial charge on any atom is -0.236 e. The van der Waals surface area contributed by atoms with Crippen LogP contribution < -0.4 is 0 Å². The van der Waals surface area contributed by atoms with Gasteiger partial charge in [-0.25, -0.2) is 9.97 Å². The van der Waals surface area contributed by atoms with Gasteiger partial charge in [-0.2, -0.15) is 0 Å². The molecular weight excluding hydrogens is 444 g/mol. The van der Waals surface area contributed by atoms with Crippen LogP contribution in [-0.4, -0.2) is 9.97 Å². The molecule has 0 aliphatic heterocycles. The molecule has 0 radical (unpaired) electrons. The highest BCUT2D eigenvalue weighted by atomic mass is 79.9. The van der Waals surface area contributed by atoms with E-state index in [1.54, 1.807) is 0 Å². The zero-order valence-electron chi connectivity index (χ0n) is 6.56. The lowest BCUT2D eigenvalue weighted by molar-refractivity contribution is 1.20. The highest BCUT2D eigenvalue weighted by Crippen LogP contribution is 2.29. The van der Waals surface area contributed by atoms with Crippen LogP contribution in [-0.2, 0) is 0 Å². The summed E-state index contributed by atoms with van der Waals surface area (Å²) in [5, 5.41) is 0. The summed E-state index contributed by atoms with van der Waals surface area (Å²) in [6.45, 7) is 0. The minimum absolute atomic E-state index is 0.702. The average molecular weight is 446 g/mol. The lowest BCUT2D eigenvalue weighted by Gasteiger charge is -2.02. The Hall–Kier alpha value is 0.480. The summed E-state index contributed by atoms with van der Waals surface area (Å²) in [6, 6.07) is 3.86. The van der Waals surface area contributed by atoms with E-state index in [0.717, 1.165) is 20.0 Å². The van der Waals surface area contributed by atoms with Crippen molar-refractivity contribution < 1.29 is 0 Å². The topological polar surface area (TPSA) is 25.8 Å². The van der Waals surface area contributed by atoms with Crippen LogP contribution in [0.15, 0.2) is 30.3 Å². The molecule has 0 bridgehead atoms. The van der Waals surface area contributed by atoms with Crippen molar-refractivity contribution in [3.8, 4) is 0 Å². The van der Waals surface area contributed by atoms with Crippen LogP contribution in [0.5, 0.6) is 0 Å². The number of hydrogen-bond acceptors (Lipinski definition) is 2. The van der Waals surface area contributed by atoms with Crippen LogP contribution in [0.2, 0.25) is 0 Å². The summed E-state index contributed by atoms with van der Waals surface area (Å²) in [5.41, 5.74) is 1.67. The molecule has 0 aliphatic rings. The van der Waals surface area contributed by atoms with E-state index in [9.17, 15) is 0 Å². The largest absolute Gasteiger partial charge is 0.236 e. The fourth-order valence-electron chi connectivity index (χ4n) is 1.04. The zero-order valence-corrected chi connectivity index (χ0v) is 12.9. The fraction of sp³-hybridized carbons (Fsp3) is 0. The summed E-state index contributed by atoms with van der Waals surface area (Å²) in [4.78, 5) is 8.70. The molecule has 1 heterocycles. The van der Waals surface area contributed by atoms with Gasteiger partial charge in [0.25, 0.3) is 0 Å². The number of benzene rings is 1. The SMILES string of the molecule is Brc1cc(Br)c2nc(Br)c(Br)nc2c1. The molecular formula is C8H2Br4N2. The van der Waals surface area contributed by atoms with Crippen molar-refractivity contribution in [2.75, 3.05) is 0 Å². The lowest BCUT2D eigenvalue weighted by Crippen LogP contribution is -1.88. The highest BCUT2D eigenvalue weighted by Gasteiger charge is 2.07. The Balaban J connectivity index is 2.89. The standard InChI is InChI=1S/C8H2Br4N2/c9-3-1-4(10)6-5(2-3)13-7(11)8(12)14-6/h1-2H. The van der Waals surface area contributed by atoms with Gasteiger partial charge >= 0.3 is 0 Å². The summed E-state index contributed by atoms with van der Waals surface area (Å²) in [7, 11) is 0. The van der Waals surface area contributed by atoms with Crippen LogP contribution in [0.25, 0.3) is 11.0 Å². The molecule has 1 aromatic heterocycles. The summed E-state index contributed by atoms with van der Waals surface area (Å²) >= 11 is 13.5. The monoisotopic (exact) mass is 442 g/mol. The second kappa shape index (κ2) is 4.15. The van der Waals surface area contributed by atoms with Crippen LogP contribution in [0.1, 0.15) is 0 Å². The molecule has 0 spiro atoms. The Morgan fingerprint density at radius 3 is 2.21 bits per heavy atom. The van der Waals surface area contributed by atoms with Crippen LogP contribution in [0.4, 0.5) is 0 Å². The lowest BCUT2D eigenvalue weighted by atomic mass is 10.3. The van der Waals surface area contributed by atoms with E-state index in [0.29, 0.717) is 9.21 Å². The van der Waals surface area contributed by atoms with E-state index in [1.165, 1.54) is 0 Å². The molecule has 0 aliphatic carbocycles. The van der Waals surface area contributed by atoms with E-state index in [1.807, 2.05) is 12.1 Å². The van der Waals surface area contributed by atoms with Gasteiger partial charge < -0.3 is 0 Å². The van der Waals surface area contributed by atoms with Gasteiger partial charge in [0.2, 0.25) is 0 Å². The maximum atomic E-state index is 4.36. The first kappa shape index (κ1) is 11.0. The van der Waals surface area contributed by atoms with E-state index in [2.05, 4.69) is 73.7 Å². The van der Waals surface area contributed by atoms with Gasteiger partial charge in [-0.05, 0) is 59.9 Å². The highest BCUT2D eigenvalue weighted by molar-refractivity contribution is 9.13. The second-order valence-electron chi connectivity index (χ2n) is 2.56. The van der Waals surface area contributed by atoms with E-state index >= 15 is 0 Å². The number of fused-ring (bicyclic) bond motifs is 1. The van der Waals surface area contributed by atoms with Crippen molar-refractivity contribution in [3.05, 3.63) is 30.3 Å². The van der Waals surface area contributed by atoms with Crippen LogP contribution in [0, 0.1) is 0 Å². The van der Waals surface area contributed by atoms with Gasteiger partial charge in [-0.3, -0.25) is 0 Å². The molecule has 0 saturated carbocycles. The fourth-order valence-corrected chi connectivity index (χ4v) is 2.88. The van der Waals surface area contributed by atoms with Crippen LogP contribution in [0.3, 0.4) is 0 Å². The molecule has 0 saturated heterocycles. The molecule has 0 amide bonds. The number of hydrogen-bond donors (Lipinski definition) is 0. The van der Waals surface area contributed by atoms with Crippen molar-refractivity contribution >= 4 is 74.8 Å². The number of halogens is 4. The summed E-state index contributed by atoms with van der Waals surface area (Å²) < 4.78 is 3.30. The third kappa shape index (κ3) is 2.03. The minimum atomic E-state index is 0.702. The Kier molecular flexibility index (Phi) is 3.26. The maximum Gasteiger partial charge on any atom is 0.139 e. The Bertz CT molecular complexity index is 512. The smallest absolute Gasteiger partial charge is 0.139 e. The second-order valence-corrected chi connectivity index (χ2v) is 5.83. The zero-order chi connectivity index (χ0) is 10.3. The van der Waals surface area contributed by atoms with Gasteiger partial charge in [0.05, 0.1) is 5.52 Å². The molecule has 0 N–H and O–H groups in total.